The third-order valence-corrected chi connectivity index (χ3v) is 3.05. The summed E-state index contributed by atoms with van der Waals surface area (Å²) >= 11 is 6.10. The number of hydrogen-bond acceptors (Lipinski definition) is 3. The normalized spacial score (nSPS) is 10.1. The minimum Gasteiger partial charge on any atom is -0.324 e. The van der Waals surface area contributed by atoms with Crippen LogP contribution in [0.25, 0.3) is 0 Å². The fraction of sp³-hybridized carbons (Fsp3) is 0.0667. The second-order valence-electron chi connectivity index (χ2n) is 4.11. The lowest BCUT2D eigenvalue weighted by Crippen LogP contribution is -2.23. The second kappa shape index (κ2) is 6.32. The number of carbonyl (C=O) groups is 2. The first kappa shape index (κ1) is 14.2. The zero-order chi connectivity index (χ0) is 14.5. The quantitative estimate of drug-likeness (QED) is 0.849. The Kier molecular flexibility index (Phi) is 4.50. The second-order valence-corrected chi connectivity index (χ2v) is 4.52. The third kappa shape index (κ3) is 3.04. The number of nitrogens with two attached hydrogens (primary N) is 1. The number of nitrogens with one attached hydrogen (secondary N) is 1. The number of amides is 1. The number of anilines is 1. The van der Waals surface area contributed by atoms with Crippen LogP contribution in [0, 0.1) is 0 Å². The van der Waals surface area contributed by atoms with Crippen molar-refractivity contribution in [1.29, 1.82) is 0 Å². The highest BCUT2D eigenvalue weighted by Gasteiger charge is 2.18. The van der Waals surface area contributed by atoms with Gasteiger partial charge < -0.3 is 11.1 Å². The van der Waals surface area contributed by atoms with E-state index in [2.05, 4.69) is 5.32 Å². The Balaban J connectivity index is 2.45. The van der Waals surface area contributed by atoms with E-state index in [-0.39, 0.29) is 28.8 Å². The van der Waals surface area contributed by atoms with Crippen molar-refractivity contribution in [1.82, 2.24) is 0 Å². The van der Waals surface area contributed by atoms with Crippen LogP contribution >= 0.6 is 11.6 Å². The molecule has 0 spiro atoms. The summed E-state index contributed by atoms with van der Waals surface area (Å²) in [5, 5.41) is 2.87. The largest absolute Gasteiger partial charge is 0.324 e. The molecular formula is C15H13ClN2O2. The van der Waals surface area contributed by atoms with E-state index < -0.39 is 0 Å². The molecule has 0 atom stereocenters. The van der Waals surface area contributed by atoms with E-state index in [1.807, 2.05) is 6.07 Å². The van der Waals surface area contributed by atoms with E-state index in [1.54, 1.807) is 42.5 Å². The number of halogens is 1. The molecule has 0 radical (unpaired) electrons. The van der Waals surface area contributed by atoms with Gasteiger partial charge in [-0.3, -0.25) is 9.59 Å². The summed E-state index contributed by atoms with van der Waals surface area (Å²) < 4.78 is 0. The van der Waals surface area contributed by atoms with Gasteiger partial charge >= 0.3 is 0 Å². The molecule has 2 rings (SSSR count). The average Bonchev–Trinajstić information content (AvgIpc) is 2.47. The van der Waals surface area contributed by atoms with Crippen LogP contribution in [0.1, 0.15) is 15.9 Å². The molecule has 2 aromatic carbocycles. The molecule has 1 amide bonds. The monoisotopic (exact) mass is 288 g/mol. The van der Waals surface area contributed by atoms with E-state index in [0.717, 1.165) is 0 Å². The summed E-state index contributed by atoms with van der Waals surface area (Å²) in [6.45, 7) is -0.161. The maximum atomic E-state index is 12.5. The van der Waals surface area contributed by atoms with Crippen LogP contribution < -0.4 is 11.1 Å². The zero-order valence-electron chi connectivity index (χ0n) is 10.6. The number of carbonyl (C=O) groups excluding carboxylic acids is 2. The molecule has 3 N–H and O–H groups in total. The van der Waals surface area contributed by atoms with Gasteiger partial charge in [0.2, 0.25) is 5.91 Å². The van der Waals surface area contributed by atoms with Crippen LogP contribution in [-0.4, -0.2) is 18.2 Å². The molecular weight excluding hydrogens is 276 g/mol. The van der Waals surface area contributed by atoms with E-state index >= 15 is 0 Å². The van der Waals surface area contributed by atoms with Crippen LogP contribution in [0.15, 0.2) is 48.5 Å². The Morgan fingerprint density at radius 3 is 2.40 bits per heavy atom. The van der Waals surface area contributed by atoms with Gasteiger partial charge in [-0.2, -0.15) is 0 Å². The maximum Gasteiger partial charge on any atom is 0.238 e. The van der Waals surface area contributed by atoms with Crippen molar-refractivity contribution in [2.75, 3.05) is 11.9 Å². The molecule has 20 heavy (non-hydrogen) atoms. The summed E-state index contributed by atoms with van der Waals surface area (Å²) in [6.07, 6.45) is 0. The van der Waals surface area contributed by atoms with E-state index in [9.17, 15) is 9.59 Å². The maximum absolute atomic E-state index is 12.5. The lowest BCUT2D eigenvalue weighted by atomic mass is 10.0. The molecule has 0 saturated carbocycles. The molecule has 0 unspecified atom stereocenters. The highest BCUT2D eigenvalue weighted by molar-refractivity contribution is 6.36. The van der Waals surface area contributed by atoms with Gasteiger partial charge in [0, 0.05) is 5.56 Å². The Hall–Kier alpha value is -2.17. The fourth-order valence-electron chi connectivity index (χ4n) is 1.79. The van der Waals surface area contributed by atoms with Gasteiger partial charge in [0.25, 0.3) is 0 Å². The summed E-state index contributed by atoms with van der Waals surface area (Å²) in [6, 6.07) is 13.6. The lowest BCUT2D eigenvalue weighted by Gasteiger charge is -2.11. The van der Waals surface area contributed by atoms with Gasteiger partial charge in [-0.15, -0.1) is 0 Å². The predicted octanol–water partition coefficient (Wildman–Crippen LogP) is 2.47. The minimum atomic E-state index is -0.380. The van der Waals surface area contributed by atoms with E-state index in [4.69, 9.17) is 17.3 Å². The van der Waals surface area contributed by atoms with Crippen molar-refractivity contribution < 1.29 is 9.59 Å². The van der Waals surface area contributed by atoms with Gasteiger partial charge in [-0.1, -0.05) is 48.0 Å². The lowest BCUT2D eigenvalue weighted by molar-refractivity contribution is -0.114. The first-order valence-corrected chi connectivity index (χ1v) is 6.39. The van der Waals surface area contributed by atoms with Gasteiger partial charge in [0.15, 0.2) is 5.78 Å². The SMILES string of the molecule is NCC(=O)Nc1cccc(Cl)c1C(=O)c1ccccc1. The van der Waals surface area contributed by atoms with Crippen molar-refractivity contribution in [2.24, 2.45) is 5.73 Å². The van der Waals surface area contributed by atoms with Crippen LogP contribution in [0.4, 0.5) is 5.69 Å². The molecule has 5 heteroatoms. The van der Waals surface area contributed by atoms with Crippen molar-refractivity contribution in [3.63, 3.8) is 0 Å². The van der Waals surface area contributed by atoms with Crippen molar-refractivity contribution in [3.8, 4) is 0 Å². The molecule has 102 valence electrons. The smallest absolute Gasteiger partial charge is 0.238 e. The molecule has 0 fully saturated rings. The predicted molar refractivity (Wildman–Crippen MR) is 79.0 cm³/mol. The molecule has 0 saturated heterocycles. The molecule has 4 nitrogen and oxygen atoms in total. The Morgan fingerprint density at radius 1 is 1.05 bits per heavy atom. The van der Waals surface area contributed by atoms with E-state index in [1.165, 1.54) is 0 Å². The van der Waals surface area contributed by atoms with Crippen LogP contribution in [0.5, 0.6) is 0 Å². The van der Waals surface area contributed by atoms with Gasteiger partial charge in [0.1, 0.15) is 0 Å². The standard InChI is InChI=1S/C15H13ClN2O2/c16-11-7-4-8-12(18-13(19)9-17)14(11)15(20)10-5-2-1-3-6-10/h1-8H,9,17H2,(H,18,19). The molecule has 0 aliphatic carbocycles. The summed E-state index contributed by atoms with van der Waals surface area (Å²) in [5.74, 6) is -0.627. The first-order valence-electron chi connectivity index (χ1n) is 6.01. The van der Waals surface area contributed by atoms with Gasteiger partial charge in [0.05, 0.1) is 22.8 Å². The zero-order valence-corrected chi connectivity index (χ0v) is 11.4. The molecule has 0 aliphatic heterocycles. The van der Waals surface area contributed by atoms with E-state index in [0.29, 0.717) is 11.3 Å². The summed E-state index contributed by atoms with van der Waals surface area (Å²) in [7, 11) is 0. The molecule has 0 aromatic heterocycles. The highest BCUT2D eigenvalue weighted by Crippen LogP contribution is 2.27. The topological polar surface area (TPSA) is 72.2 Å². The van der Waals surface area contributed by atoms with Gasteiger partial charge in [-0.05, 0) is 12.1 Å². The Morgan fingerprint density at radius 2 is 1.75 bits per heavy atom. The molecule has 0 heterocycles. The number of hydrogen-bond donors (Lipinski definition) is 2. The molecule has 0 bridgehead atoms. The third-order valence-electron chi connectivity index (χ3n) is 2.74. The first-order chi connectivity index (χ1) is 9.63. The average molecular weight is 289 g/mol. The summed E-state index contributed by atoms with van der Waals surface area (Å²) in [5.41, 5.74) is 6.40. The van der Waals surface area contributed by atoms with Crippen molar-refractivity contribution >= 4 is 29.0 Å². The Bertz CT molecular complexity index is 642. The number of ketones is 1. The minimum absolute atomic E-state index is 0.161. The summed E-state index contributed by atoms with van der Waals surface area (Å²) in [4.78, 5) is 23.9. The van der Waals surface area contributed by atoms with Crippen molar-refractivity contribution in [3.05, 3.63) is 64.7 Å². The molecule has 0 aliphatic rings. The molecule has 2 aromatic rings. The number of rotatable bonds is 4. The fourth-order valence-corrected chi connectivity index (χ4v) is 2.05. The van der Waals surface area contributed by atoms with Crippen molar-refractivity contribution in [2.45, 2.75) is 0 Å². The van der Waals surface area contributed by atoms with Crippen LogP contribution in [0.2, 0.25) is 5.02 Å². The number of benzene rings is 2. The highest BCUT2D eigenvalue weighted by atomic mass is 35.5. The van der Waals surface area contributed by atoms with Crippen LogP contribution in [-0.2, 0) is 4.79 Å². The van der Waals surface area contributed by atoms with Gasteiger partial charge in [-0.25, -0.2) is 0 Å². The Labute approximate surface area is 121 Å². The van der Waals surface area contributed by atoms with Crippen LogP contribution in [0.3, 0.4) is 0 Å².